The summed E-state index contributed by atoms with van der Waals surface area (Å²) in [5.41, 5.74) is 1.05. The molecule has 10 heteroatoms. The van der Waals surface area contributed by atoms with Gasteiger partial charge in [0.25, 0.3) is 5.56 Å². The number of anilines is 1. The van der Waals surface area contributed by atoms with Crippen LogP contribution in [0, 0.1) is 11.8 Å². The number of carbonyl (C=O) groups excluding carboxylic acids is 2. The van der Waals surface area contributed by atoms with Crippen molar-refractivity contribution in [3.8, 4) is 0 Å². The Balaban J connectivity index is 1.23. The Bertz CT molecular complexity index is 1380. The largest absolute Gasteiger partial charge is 0.376 e. The van der Waals surface area contributed by atoms with Gasteiger partial charge in [-0.05, 0) is 68.7 Å². The van der Waals surface area contributed by atoms with E-state index in [1.54, 1.807) is 34.9 Å². The van der Waals surface area contributed by atoms with E-state index in [9.17, 15) is 14.4 Å². The SMILES string of the molecule is O=C(CSc1nc2ccccc2c(=O)n1CC1CCC(C(=O)NC[C@@H]2CCCO2)CC1)Nc1ccccc1Cl. The lowest BCUT2D eigenvalue weighted by molar-refractivity contribution is -0.126. The second-order valence-corrected chi connectivity index (χ2v) is 11.6. The van der Waals surface area contributed by atoms with E-state index in [4.69, 9.17) is 21.3 Å². The molecule has 8 nitrogen and oxygen atoms in total. The van der Waals surface area contributed by atoms with Crippen molar-refractivity contribution in [2.24, 2.45) is 11.8 Å². The molecule has 0 radical (unpaired) electrons. The van der Waals surface area contributed by atoms with Crippen molar-refractivity contribution in [3.63, 3.8) is 0 Å². The molecular formula is C29H33ClN4O4S. The Kier molecular flexibility index (Phi) is 9.21. The summed E-state index contributed by atoms with van der Waals surface area (Å²) in [6.45, 7) is 1.87. The van der Waals surface area contributed by atoms with Gasteiger partial charge in [0.15, 0.2) is 5.16 Å². The molecule has 0 bridgehead atoms. The number of rotatable bonds is 9. The molecule has 2 aliphatic rings. The summed E-state index contributed by atoms with van der Waals surface area (Å²) in [7, 11) is 0. The number of hydrogen-bond acceptors (Lipinski definition) is 6. The molecule has 3 aromatic rings. The van der Waals surface area contributed by atoms with Gasteiger partial charge in [-0.25, -0.2) is 4.98 Å². The van der Waals surface area contributed by atoms with Crippen LogP contribution >= 0.6 is 23.4 Å². The summed E-state index contributed by atoms with van der Waals surface area (Å²) in [5, 5.41) is 7.43. The Hall–Kier alpha value is -2.88. The molecule has 5 rings (SSSR count). The molecule has 39 heavy (non-hydrogen) atoms. The van der Waals surface area contributed by atoms with E-state index in [0.29, 0.717) is 39.9 Å². The van der Waals surface area contributed by atoms with Crippen molar-refractivity contribution in [2.45, 2.75) is 56.3 Å². The van der Waals surface area contributed by atoms with Crippen LogP contribution in [0.2, 0.25) is 5.02 Å². The van der Waals surface area contributed by atoms with Crippen molar-refractivity contribution >= 4 is 51.8 Å². The van der Waals surface area contributed by atoms with Gasteiger partial charge in [-0.3, -0.25) is 19.0 Å². The van der Waals surface area contributed by atoms with Crippen LogP contribution in [-0.4, -0.2) is 46.4 Å². The average Bonchev–Trinajstić information content (AvgIpc) is 3.48. The summed E-state index contributed by atoms with van der Waals surface area (Å²) in [5.74, 6) is 0.222. The fourth-order valence-electron chi connectivity index (χ4n) is 5.33. The van der Waals surface area contributed by atoms with Crippen LogP contribution in [0.4, 0.5) is 5.69 Å². The van der Waals surface area contributed by atoms with Crippen LogP contribution in [0.25, 0.3) is 10.9 Å². The monoisotopic (exact) mass is 568 g/mol. The average molecular weight is 569 g/mol. The Morgan fingerprint density at radius 1 is 1.05 bits per heavy atom. The highest BCUT2D eigenvalue weighted by molar-refractivity contribution is 7.99. The number of hydrogen-bond donors (Lipinski definition) is 2. The third kappa shape index (κ3) is 7.01. The van der Waals surface area contributed by atoms with Crippen molar-refractivity contribution < 1.29 is 14.3 Å². The number of ether oxygens (including phenoxy) is 1. The zero-order valence-electron chi connectivity index (χ0n) is 21.7. The lowest BCUT2D eigenvalue weighted by atomic mass is 9.81. The smallest absolute Gasteiger partial charge is 0.262 e. The highest BCUT2D eigenvalue weighted by atomic mass is 35.5. The van der Waals surface area contributed by atoms with Crippen molar-refractivity contribution in [3.05, 3.63) is 63.9 Å². The van der Waals surface area contributed by atoms with Gasteiger partial charge in [0, 0.05) is 25.6 Å². The lowest BCUT2D eigenvalue weighted by Gasteiger charge is -2.29. The summed E-state index contributed by atoms with van der Waals surface area (Å²) in [6, 6.07) is 14.4. The molecular weight excluding hydrogens is 536 g/mol. The first-order valence-corrected chi connectivity index (χ1v) is 14.9. The predicted octanol–water partition coefficient (Wildman–Crippen LogP) is 4.88. The standard InChI is InChI=1S/C29H33ClN4O4S/c30-23-8-2-4-10-25(23)32-26(35)18-39-29-33-24-9-3-1-7-22(24)28(37)34(29)17-19-11-13-20(14-12-19)27(36)31-16-21-6-5-15-38-21/h1-4,7-10,19-21H,5-6,11-18H2,(H,31,36)(H,32,35)/t19?,20?,21-/m0/s1. The van der Waals surface area contributed by atoms with Crippen LogP contribution in [0.1, 0.15) is 38.5 Å². The van der Waals surface area contributed by atoms with Gasteiger partial charge in [-0.1, -0.05) is 47.6 Å². The number of halogens is 1. The van der Waals surface area contributed by atoms with Gasteiger partial charge >= 0.3 is 0 Å². The van der Waals surface area contributed by atoms with Crippen molar-refractivity contribution in [1.29, 1.82) is 0 Å². The molecule has 1 atom stereocenters. The van der Waals surface area contributed by atoms with E-state index in [-0.39, 0.29) is 41.1 Å². The van der Waals surface area contributed by atoms with Crippen molar-refractivity contribution in [1.82, 2.24) is 14.9 Å². The Morgan fingerprint density at radius 3 is 2.59 bits per heavy atom. The van der Waals surface area contributed by atoms with Crippen LogP contribution in [0.3, 0.4) is 0 Å². The number of carbonyl (C=O) groups is 2. The zero-order chi connectivity index (χ0) is 27.2. The van der Waals surface area contributed by atoms with Gasteiger partial charge in [-0.2, -0.15) is 0 Å². The van der Waals surface area contributed by atoms with Gasteiger partial charge in [0.2, 0.25) is 11.8 Å². The van der Waals surface area contributed by atoms with Crippen LogP contribution < -0.4 is 16.2 Å². The highest BCUT2D eigenvalue weighted by Crippen LogP contribution is 2.31. The molecule has 0 spiro atoms. The Morgan fingerprint density at radius 2 is 1.82 bits per heavy atom. The summed E-state index contributed by atoms with van der Waals surface area (Å²) < 4.78 is 7.32. The van der Waals surface area contributed by atoms with Crippen LogP contribution in [0.15, 0.2) is 58.5 Å². The van der Waals surface area contributed by atoms with E-state index < -0.39 is 0 Å². The maximum absolute atomic E-state index is 13.5. The number of para-hydroxylation sites is 2. The van der Waals surface area contributed by atoms with Gasteiger partial charge in [-0.15, -0.1) is 0 Å². The molecule has 2 fully saturated rings. The highest BCUT2D eigenvalue weighted by Gasteiger charge is 2.28. The maximum atomic E-state index is 13.5. The number of nitrogens with zero attached hydrogens (tertiary/aromatic N) is 2. The number of nitrogens with one attached hydrogen (secondary N) is 2. The number of thioether (sulfide) groups is 1. The van der Waals surface area contributed by atoms with Crippen molar-refractivity contribution in [2.75, 3.05) is 24.2 Å². The van der Waals surface area contributed by atoms with E-state index >= 15 is 0 Å². The minimum absolute atomic E-state index is 0.00328. The fraction of sp³-hybridized carbons (Fsp3) is 0.448. The first kappa shape index (κ1) is 27.7. The third-order valence-electron chi connectivity index (χ3n) is 7.49. The van der Waals surface area contributed by atoms with Crippen LogP contribution in [-0.2, 0) is 20.9 Å². The number of fused-ring (bicyclic) bond motifs is 1. The van der Waals surface area contributed by atoms with E-state index in [0.717, 1.165) is 45.1 Å². The quantitative estimate of drug-likeness (QED) is 0.282. The maximum Gasteiger partial charge on any atom is 0.262 e. The fourth-order valence-corrected chi connectivity index (χ4v) is 6.32. The molecule has 2 aromatic carbocycles. The summed E-state index contributed by atoms with van der Waals surface area (Å²) in [6.07, 6.45) is 5.49. The number of benzene rings is 2. The molecule has 0 unspecified atom stereocenters. The second kappa shape index (κ2) is 13.0. The molecule has 206 valence electrons. The predicted molar refractivity (Wildman–Crippen MR) is 154 cm³/mol. The molecule has 2 heterocycles. The van der Waals surface area contributed by atoms with Gasteiger partial charge < -0.3 is 15.4 Å². The molecule has 1 saturated heterocycles. The molecule has 1 aliphatic heterocycles. The summed E-state index contributed by atoms with van der Waals surface area (Å²) in [4.78, 5) is 43.6. The number of amides is 2. The van der Waals surface area contributed by atoms with E-state index in [2.05, 4.69) is 10.6 Å². The van der Waals surface area contributed by atoms with Gasteiger partial charge in [0.1, 0.15) is 0 Å². The normalized spacial score (nSPS) is 21.1. The molecule has 2 amide bonds. The van der Waals surface area contributed by atoms with Gasteiger partial charge in [0.05, 0.1) is 33.5 Å². The minimum Gasteiger partial charge on any atom is -0.376 e. The second-order valence-electron chi connectivity index (χ2n) is 10.2. The Labute approximate surface area is 236 Å². The molecule has 1 saturated carbocycles. The zero-order valence-corrected chi connectivity index (χ0v) is 23.3. The van der Waals surface area contributed by atoms with Crippen LogP contribution in [0.5, 0.6) is 0 Å². The third-order valence-corrected chi connectivity index (χ3v) is 8.80. The molecule has 1 aromatic heterocycles. The topological polar surface area (TPSA) is 102 Å². The molecule has 1 aliphatic carbocycles. The minimum atomic E-state index is -0.225. The van der Waals surface area contributed by atoms with E-state index in [1.807, 2.05) is 18.2 Å². The lowest BCUT2D eigenvalue weighted by Crippen LogP contribution is -2.38. The number of aromatic nitrogens is 2. The first-order chi connectivity index (χ1) is 19.0. The van der Waals surface area contributed by atoms with E-state index in [1.165, 1.54) is 11.8 Å². The summed E-state index contributed by atoms with van der Waals surface area (Å²) >= 11 is 7.41. The molecule has 2 N–H and O–H groups in total. The first-order valence-electron chi connectivity index (χ1n) is 13.5.